The van der Waals surface area contributed by atoms with E-state index in [0.29, 0.717) is 38.5 Å². The summed E-state index contributed by atoms with van der Waals surface area (Å²) in [7, 11) is 0. The fourth-order valence-electron chi connectivity index (χ4n) is 16.1. The van der Waals surface area contributed by atoms with Crippen LogP contribution in [0.5, 0.6) is 0 Å². The zero-order valence-corrected chi connectivity index (χ0v) is 44.7. The lowest BCUT2D eigenvalue weighted by Gasteiger charge is -2.71. The number of hydrogen-bond acceptors (Lipinski definition) is 22. The van der Waals surface area contributed by atoms with E-state index >= 15 is 0 Å². The predicted octanol–water partition coefficient (Wildman–Crippen LogP) is -1.56. The van der Waals surface area contributed by atoms with Gasteiger partial charge in [-0.25, -0.2) is 0 Å². The summed E-state index contributed by atoms with van der Waals surface area (Å²) in [6, 6.07) is 0. The molecule has 4 saturated carbocycles. The van der Waals surface area contributed by atoms with Crippen molar-refractivity contribution in [3.05, 3.63) is 11.6 Å². The highest BCUT2D eigenvalue weighted by molar-refractivity contribution is 5.20. The van der Waals surface area contributed by atoms with Crippen molar-refractivity contribution < 1.29 is 109 Å². The zero-order valence-electron chi connectivity index (χ0n) is 44.7. The second kappa shape index (κ2) is 22.7. The number of rotatable bonds is 16. The maximum atomic E-state index is 12.8. The molecule has 0 amide bonds. The molecule has 75 heavy (non-hydrogen) atoms. The average Bonchev–Trinajstić information content (AvgIpc) is 3.89. The van der Waals surface area contributed by atoms with Crippen LogP contribution in [-0.4, -0.2) is 232 Å². The first-order valence-corrected chi connectivity index (χ1v) is 27.3. The van der Waals surface area contributed by atoms with Gasteiger partial charge in [0, 0.05) is 0 Å². The number of aliphatic hydroxyl groups is 14. The summed E-state index contributed by atoms with van der Waals surface area (Å²) in [5.74, 6) is -0.394. The number of hydrogen-bond donors (Lipinski definition) is 14. The normalized spacial score (nSPS) is 52.6. The molecule has 14 N–H and O–H groups in total. The maximum absolute atomic E-state index is 12.8. The van der Waals surface area contributed by atoms with E-state index in [1.165, 1.54) is 0 Å². The molecule has 8 rings (SSSR count). The van der Waals surface area contributed by atoms with Crippen molar-refractivity contribution in [1.82, 2.24) is 0 Å². The molecule has 22 nitrogen and oxygen atoms in total. The van der Waals surface area contributed by atoms with Crippen LogP contribution in [0.25, 0.3) is 0 Å². The van der Waals surface area contributed by atoms with Crippen LogP contribution in [-0.2, 0) is 37.9 Å². The highest BCUT2D eigenvalue weighted by Crippen LogP contribution is 2.76. The van der Waals surface area contributed by atoms with Crippen molar-refractivity contribution in [2.24, 2.45) is 45.3 Å². The molecule has 4 aliphatic heterocycles. The third-order valence-electron chi connectivity index (χ3n) is 20.5. The fraction of sp³-hybridized carbons (Fsp3) is 0.962. The topological polar surface area (TPSA) is 357 Å². The molecule has 0 bridgehead atoms. The zero-order chi connectivity index (χ0) is 55.1. The summed E-state index contributed by atoms with van der Waals surface area (Å²) in [6.45, 7) is 14.9. The Morgan fingerprint density at radius 1 is 0.560 bits per heavy atom. The molecule has 8 fully saturated rings. The molecule has 0 aromatic heterocycles. The monoisotopic (exact) mass is 1080 g/mol. The number of allylic oxidation sites excluding steroid dienone is 2. The van der Waals surface area contributed by atoms with Gasteiger partial charge in [-0.05, 0) is 124 Å². The highest BCUT2D eigenvalue weighted by Gasteiger charge is 2.72. The molecular formula is C53H90O22. The Balaban J connectivity index is 1.01. The molecular weight excluding hydrogens is 989 g/mol. The lowest BCUT2D eigenvalue weighted by atomic mass is 9.35. The number of aliphatic hydroxyl groups excluding tert-OH is 14. The highest BCUT2D eigenvalue weighted by atomic mass is 16.8. The van der Waals surface area contributed by atoms with Crippen molar-refractivity contribution in [2.45, 2.75) is 248 Å². The molecule has 4 aliphatic carbocycles. The van der Waals surface area contributed by atoms with Crippen LogP contribution >= 0.6 is 0 Å². The largest absolute Gasteiger partial charge is 0.394 e. The van der Waals surface area contributed by atoms with Crippen molar-refractivity contribution in [1.29, 1.82) is 0 Å². The van der Waals surface area contributed by atoms with Gasteiger partial charge in [0.05, 0.1) is 44.2 Å². The molecule has 8 aliphatic rings. The van der Waals surface area contributed by atoms with Crippen LogP contribution in [0.4, 0.5) is 0 Å². The first-order chi connectivity index (χ1) is 35.1. The lowest BCUT2D eigenvalue weighted by molar-refractivity contribution is -0.378. The van der Waals surface area contributed by atoms with Crippen molar-refractivity contribution in [3.8, 4) is 0 Å². The summed E-state index contributed by atoms with van der Waals surface area (Å²) in [5, 5.41) is 151. The van der Waals surface area contributed by atoms with Crippen LogP contribution in [0.1, 0.15) is 113 Å². The van der Waals surface area contributed by atoms with Gasteiger partial charge in [0.1, 0.15) is 91.6 Å². The molecule has 0 spiro atoms. The van der Waals surface area contributed by atoms with Gasteiger partial charge in [-0.3, -0.25) is 0 Å². The first-order valence-electron chi connectivity index (χ1n) is 27.3. The van der Waals surface area contributed by atoms with Crippen molar-refractivity contribution in [2.75, 3.05) is 26.4 Å². The summed E-state index contributed by atoms with van der Waals surface area (Å²) in [4.78, 5) is 0. The minimum Gasteiger partial charge on any atom is -0.394 e. The Labute approximate surface area is 439 Å². The van der Waals surface area contributed by atoms with E-state index in [1.54, 1.807) is 0 Å². The second-order valence-corrected chi connectivity index (χ2v) is 25.3. The van der Waals surface area contributed by atoms with Crippen LogP contribution in [0, 0.1) is 45.3 Å². The standard InChI is InChI=1S/C53H90O22/c1-23(2)10-9-14-53(8,75-47-43(67)39(63)37(61)29(72-47)22-68-45-41(65)36(60)28(21-56)69-45)24-11-16-52(7)33(24)25(57)18-31-50(5)15-13-32(49(3,4)30(50)12-17-51(31,52)6)73-48-44(40(64)35(59)27(20-55)71-48)74-46-42(66)38(62)34(58)26(19-54)70-46/h10,24-48,54-67H,9,11-22H2,1-8H3/t24?,25?,26-,27-,28+,29-,30?,31?,32+,33+,34-,35-,36-,37-,38-,39-,40-,41-,42-,43-,44-,45-,46+,47+,48+,50+,51-,52?,53?/m1/s1. The Bertz CT molecular complexity index is 1940. The minimum atomic E-state index is -1.81. The van der Waals surface area contributed by atoms with Crippen LogP contribution in [0.3, 0.4) is 0 Å². The molecule has 6 unspecified atom stereocenters. The predicted molar refractivity (Wildman–Crippen MR) is 260 cm³/mol. The van der Waals surface area contributed by atoms with E-state index in [0.717, 1.165) is 24.8 Å². The number of ether oxygens (including phenoxy) is 8. The molecule has 4 saturated heterocycles. The summed E-state index contributed by atoms with van der Waals surface area (Å²) >= 11 is 0. The smallest absolute Gasteiger partial charge is 0.187 e. The van der Waals surface area contributed by atoms with Gasteiger partial charge < -0.3 is 109 Å². The van der Waals surface area contributed by atoms with Gasteiger partial charge in [-0.1, -0.05) is 46.3 Å². The summed E-state index contributed by atoms with van der Waals surface area (Å²) in [6.07, 6.45) is -22.1. The van der Waals surface area contributed by atoms with Gasteiger partial charge in [0.25, 0.3) is 0 Å². The average molecular weight is 1080 g/mol. The van der Waals surface area contributed by atoms with Gasteiger partial charge in [0.2, 0.25) is 0 Å². The molecule has 0 aromatic carbocycles. The van der Waals surface area contributed by atoms with Crippen LogP contribution < -0.4 is 0 Å². The maximum Gasteiger partial charge on any atom is 0.187 e. The second-order valence-electron chi connectivity index (χ2n) is 25.3. The third-order valence-corrected chi connectivity index (χ3v) is 20.5. The van der Waals surface area contributed by atoms with E-state index in [9.17, 15) is 71.5 Å². The Morgan fingerprint density at radius 3 is 1.69 bits per heavy atom. The fourth-order valence-corrected chi connectivity index (χ4v) is 16.1. The molecule has 434 valence electrons. The molecule has 29 atom stereocenters. The third kappa shape index (κ3) is 10.5. The Kier molecular flexibility index (Phi) is 18.1. The van der Waals surface area contributed by atoms with Crippen LogP contribution in [0.15, 0.2) is 11.6 Å². The SMILES string of the molecule is CC(C)=CCCC(C)(O[C@@H]1O[C@H](CO[C@@H]2O[C@@H](CO)[C@@H](O)[C@H]2O)[C@@H](O)[C@@H](O)[C@H]1O)C1CCC2(C)[C@@H]1C(O)CC1[C@@]3(C)CC[C@H](O[C@@H]4O[C@H](CO)[C@@H](O)[C@@H](O)[C@H]4O[C@@H]4O[C@H](CO)[C@@H](O)[C@@H](O)[C@H]4O)C(C)(C)C3CC[C@]12C. The van der Waals surface area contributed by atoms with E-state index in [-0.39, 0.29) is 34.5 Å². The van der Waals surface area contributed by atoms with E-state index in [1.807, 2.05) is 20.8 Å². The van der Waals surface area contributed by atoms with Gasteiger partial charge in [-0.15, -0.1) is 0 Å². The molecule has 0 aromatic rings. The van der Waals surface area contributed by atoms with E-state index in [2.05, 4.69) is 40.7 Å². The lowest BCUT2D eigenvalue weighted by Crippen LogP contribution is -2.68. The van der Waals surface area contributed by atoms with Crippen molar-refractivity contribution in [3.63, 3.8) is 0 Å². The van der Waals surface area contributed by atoms with Gasteiger partial charge in [-0.2, -0.15) is 0 Å². The van der Waals surface area contributed by atoms with E-state index < -0.39 is 172 Å². The quantitative estimate of drug-likeness (QED) is 0.0614. The van der Waals surface area contributed by atoms with Crippen molar-refractivity contribution >= 4 is 0 Å². The minimum absolute atomic E-state index is 0.0508. The van der Waals surface area contributed by atoms with Gasteiger partial charge in [0.15, 0.2) is 25.2 Å². The molecule has 4 heterocycles. The molecule has 22 heteroatoms. The first kappa shape index (κ1) is 60.0. The Morgan fingerprint density at radius 2 is 1.08 bits per heavy atom. The number of fused-ring (bicyclic) bond motifs is 5. The van der Waals surface area contributed by atoms with E-state index in [4.69, 9.17) is 37.9 Å². The van der Waals surface area contributed by atoms with Crippen LogP contribution in [0.2, 0.25) is 0 Å². The summed E-state index contributed by atoms with van der Waals surface area (Å²) < 4.78 is 48.9. The Hall–Kier alpha value is -1.14. The van der Waals surface area contributed by atoms with Gasteiger partial charge >= 0.3 is 0 Å². The summed E-state index contributed by atoms with van der Waals surface area (Å²) in [5.41, 5.74) is -1.47. The molecule has 0 radical (unpaired) electrons.